The lowest BCUT2D eigenvalue weighted by atomic mass is 9.57. The number of nitrogens with one attached hydrogen (secondary N) is 2. The average molecular weight is 791 g/mol. The zero-order valence-corrected chi connectivity index (χ0v) is 35.0. The van der Waals surface area contributed by atoms with E-state index < -0.39 is 0 Å². The summed E-state index contributed by atoms with van der Waals surface area (Å²) in [7, 11) is 3.59. The van der Waals surface area contributed by atoms with Crippen molar-refractivity contribution in [3.8, 4) is 0 Å². The monoisotopic (exact) mass is 791 g/mol. The van der Waals surface area contributed by atoms with Crippen LogP contribution in [0.4, 0.5) is 23.1 Å². The number of carbonyl (C=O) groups is 3. The number of rotatable bonds is 9. The Hall–Kier alpha value is -5.04. The van der Waals surface area contributed by atoms with Crippen LogP contribution in [0.25, 0.3) is 11.0 Å². The minimum Gasteiger partial charge on any atom is -0.370 e. The van der Waals surface area contributed by atoms with E-state index in [2.05, 4.69) is 85.1 Å². The average Bonchev–Trinajstić information content (AvgIpc) is 3.87. The molecule has 58 heavy (non-hydrogen) atoms. The maximum Gasteiger partial charge on any atom is 0.270 e. The summed E-state index contributed by atoms with van der Waals surface area (Å²) in [6, 6.07) is 17.2. The van der Waals surface area contributed by atoms with Gasteiger partial charge in [-0.25, -0.2) is 9.97 Å². The fraction of sp³-hybridized carbons (Fsp3) is 0.556. The van der Waals surface area contributed by atoms with Crippen molar-refractivity contribution in [2.24, 2.45) is 11.3 Å². The van der Waals surface area contributed by atoms with Crippen molar-refractivity contribution >= 4 is 51.9 Å². The Bertz CT molecular complexity index is 1970. The summed E-state index contributed by atoms with van der Waals surface area (Å²) in [6.07, 6.45) is 15.4. The molecular weight excluding hydrogens is 729 g/mol. The van der Waals surface area contributed by atoms with E-state index in [-0.39, 0.29) is 23.8 Å². The summed E-state index contributed by atoms with van der Waals surface area (Å²) >= 11 is 0. The highest BCUT2D eigenvalue weighted by Crippen LogP contribution is 2.53. The largest absolute Gasteiger partial charge is 0.370 e. The van der Waals surface area contributed by atoms with Gasteiger partial charge in [-0.15, -0.1) is 0 Å². The SMILES string of the molecule is CCCC.CN(C)C(=O)c1cc2cnc(Nc3ccc(N4CCN(CC5CC6(C5)CN(c5ccccc5)C6)CC4)cn3)nc2n1C1CCCC1.O=C1CCCC(=O)N1. The van der Waals surface area contributed by atoms with Crippen LogP contribution in [0, 0.1) is 11.3 Å². The number of hydrogen-bond donors (Lipinski definition) is 2. The lowest BCUT2D eigenvalue weighted by molar-refractivity contribution is -0.132. The first-order valence-corrected chi connectivity index (χ1v) is 21.6. The third kappa shape index (κ3) is 9.79. The van der Waals surface area contributed by atoms with Crippen LogP contribution in [0.5, 0.6) is 0 Å². The number of aromatic nitrogens is 4. The molecule has 3 amide bonds. The van der Waals surface area contributed by atoms with Gasteiger partial charge in [-0.2, -0.15) is 4.98 Å². The highest BCUT2D eigenvalue weighted by molar-refractivity contribution is 5.98. The van der Waals surface area contributed by atoms with Crippen LogP contribution in [0.15, 0.2) is 60.9 Å². The second kappa shape index (κ2) is 18.7. The molecule has 0 bridgehead atoms. The fourth-order valence-electron chi connectivity index (χ4n) is 9.14. The number of carbonyl (C=O) groups excluding carboxylic acids is 3. The molecule has 5 fully saturated rings. The highest BCUT2D eigenvalue weighted by Gasteiger charge is 2.52. The van der Waals surface area contributed by atoms with Crippen molar-refractivity contribution in [1.29, 1.82) is 0 Å². The molecule has 2 N–H and O–H groups in total. The van der Waals surface area contributed by atoms with E-state index in [0.717, 1.165) is 61.7 Å². The zero-order valence-electron chi connectivity index (χ0n) is 35.0. The number of nitrogens with zero attached hydrogens (tertiary/aromatic N) is 8. The molecule has 1 aromatic carbocycles. The molecule has 13 nitrogen and oxygen atoms in total. The molecule has 2 saturated carbocycles. The quantitative estimate of drug-likeness (QED) is 0.170. The number of para-hydroxylation sites is 1. The van der Waals surface area contributed by atoms with Crippen molar-refractivity contribution in [3.63, 3.8) is 0 Å². The van der Waals surface area contributed by atoms with E-state index in [0.29, 0.717) is 42.1 Å². The van der Waals surface area contributed by atoms with Crippen molar-refractivity contribution in [3.05, 3.63) is 66.6 Å². The Balaban J connectivity index is 0.000000371. The van der Waals surface area contributed by atoms with Gasteiger partial charge < -0.3 is 24.6 Å². The van der Waals surface area contributed by atoms with Crippen molar-refractivity contribution in [2.45, 2.75) is 90.5 Å². The second-order valence-electron chi connectivity index (χ2n) is 17.1. The first kappa shape index (κ1) is 41.1. The fourth-order valence-corrected chi connectivity index (χ4v) is 9.14. The molecule has 3 aromatic heterocycles. The van der Waals surface area contributed by atoms with Gasteiger partial charge in [0.15, 0.2) is 0 Å². The molecule has 0 atom stereocenters. The van der Waals surface area contributed by atoms with E-state index in [1.165, 1.54) is 63.8 Å². The van der Waals surface area contributed by atoms with Crippen LogP contribution in [0.2, 0.25) is 0 Å². The molecule has 0 radical (unpaired) electrons. The Morgan fingerprint density at radius 3 is 2.12 bits per heavy atom. The summed E-state index contributed by atoms with van der Waals surface area (Å²) in [5.74, 6) is 1.78. The van der Waals surface area contributed by atoms with Gasteiger partial charge in [0.1, 0.15) is 17.2 Å². The summed E-state index contributed by atoms with van der Waals surface area (Å²) in [5.41, 5.74) is 4.60. The van der Waals surface area contributed by atoms with E-state index in [1.807, 2.05) is 24.5 Å². The van der Waals surface area contributed by atoms with Crippen molar-refractivity contribution < 1.29 is 14.4 Å². The molecule has 0 unspecified atom stereocenters. The zero-order chi connectivity index (χ0) is 40.6. The van der Waals surface area contributed by atoms with E-state index in [1.54, 1.807) is 19.0 Å². The lowest BCUT2D eigenvalue weighted by Crippen LogP contribution is -2.64. The Morgan fingerprint density at radius 2 is 1.53 bits per heavy atom. The van der Waals surface area contributed by atoms with Gasteiger partial charge in [-0.1, -0.05) is 57.7 Å². The molecule has 4 aromatic rings. The minimum absolute atomic E-state index is 0.00168. The number of benzene rings is 1. The maximum absolute atomic E-state index is 13.0. The number of piperidine rings is 1. The molecule has 310 valence electrons. The molecule has 13 heteroatoms. The van der Waals surface area contributed by atoms with E-state index >= 15 is 0 Å². The number of piperazine rings is 1. The van der Waals surface area contributed by atoms with Crippen LogP contribution < -0.4 is 20.4 Å². The number of imide groups is 1. The van der Waals surface area contributed by atoms with Gasteiger partial charge >= 0.3 is 0 Å². The lowest BCUT2D eigenvalue weighted by Gasteiger charge is -2.60. The number of fused-ring (bicyclic) bond motifs is 1. The van der Waals surface area contributed by atoms with Gasteiger partial charge in [0, 0.05) is 101 Å². The highest BCUT2D eigenvalue weighted by atomic mass is 16.2. The van der Waals surface area contributed by atoms with Crippen LogP contribution in [0.1, 0.15) is 101 Å². The molecular formula is C45H62N10O3. The summed E-state index contributed by atoms with van der Waals surface area (Å²) < 4.78 is 2.14. The normalized spacial score (nSPS) is 19.4. The Kier molecular flexibility index (Phi) is 13.3. The third-order valence-corrected chi connectivity index (χ3v) is 12.3. The molecule has 3 saturated heterocycles. The van der Waals surface area contributed by atoms with Gasteiger partial charge in [0.25, 0.3) is 5.91 Å². The van der Waals surface area contributed by atoms with E-state index in [9.17, 15) is 14.4 Å². The third-order valence-electron chi connectivity index (χ3n) is 12.3. The Morgan fingerprint density at radius 1 is 0.845 bits per heavy atom. The number of anilines is 4. The summed E-state index contributed by atoms with van der Waals surface area (Å²) in [6.45, 7) is 12.3. The van der Waals surface area contributed by atoms with Crippen molar-refractivity contribution in [1.82, 2.24) is 34.6 Å². The van der Waals surface area contributed by atoms with E-state index in [4.69, 9.17) is 9.97 Å². The summed E-state index contributed by atoms with van der Waals surface area (Å²) in [5, 5.41) is 6.39. The Labute approximate surface area is 343 Å². The van der Waals surface area contributed by atoms with Crippen LogP contribution in [-0.2, 0) is 9.59 Å². The number of pyridine rings is 1. The van der Waals surface area contributed by atoms with Gasteiger partial charge in [0.05, 0.1) is 11.9 Å². The smallest absolute Gasteiger partial charge is 0.270 e. The molecule has 3 aliphatic heterocycles. The molecule has 6 heterocycles. The number of amides is 3. The number of unbranched alkanes of at least 4 members (excludes halogenated alkanes) is 1. The molecule has 9 rings (SSSR count). The second-order valence-corrected chi connectivity index (χ2v) is 17.1. The molecule has 2 aliphatic carbocycles. The summed E-state index contributed by atoms with van der Waals surface area (Å²) in [4.78, 5) is 57.1. The van der Waals surface area contributed by atoms with Gasteiger partial charge in [0.2, 0.25) is 17.8 Å². The van der Waals surface area contributed by atoms with Crippen LogP contribution in [-0.4, -0.2) is 107 Å². The minimum atomic E-state index is -0.138. The topological polar surface area (TPSA) is 132 Å². The van der Waals surface area contributed by atoms with Crippen LogP contribution in [0.3, 0.4) is 0 Å². The molecule has 1 spiro atoms. The predicted molar refractivity (Wildman–Crippen MR) is 231 cm³/mol. The maximum atomic E-state index is 13.0. The number of hydrogen-bond acceptors (Lipinski definition) is 10. The van der Waals surface area contributed by atoms with Gasteiger partial charge in [-0.05, 0) is 68.4 Å². The van der Waals surface area contributed by atoms with Gasteiger partial charge in [-0.3, -0.25) is 24.6 Å². The van der Waals surface area contributed by atoms with Crippen molar-refractivity contribution in [2.75, 3.05) is 75.0 Å². The first-order valence-electron chi connectivity index (χ1n) is 21.6. The first-order chi connectivity index (χ1) is 28.1. The van der Waals surface area contributed by atoms with Crippen LogP contribution >= 0.6 is 0 Å². The standard InChI is InChI=1S/C36H45N9O.C5H7NO2.C4H10/c1-41(2)34(46)31-18-27-21-38-35(40-33(27)45(31)29-10-6-7-11-29)39-32-13-12-30(22-37-32)43-16-14-42(15-17-43)23-26-19-36(20-26)24-44(25-36)28-8-4-3-5-9-28;7-4-2-1-3-5(8)6-4;1-3-4-2/h3-5,8-9,12-13,18,21-22,26,29H,6-7,10-11,14-17,19-20,23-25H2,1-2H3,(H,37,38,39,40);1-3H2,(H,6,7,8);3-4H2,1-2H3. The molecule has 5 aliphatic rings. The predicted octanol–water partition coefficient (Wildman–Crippen LogP) is 7.04.